The molecular weight excluding hydrogens is 549 g/mol. The number of thiazole rings is 1. The van der Waals surface area contributed by atoms with Crippen LogP contribution in [0.25, 0.3) is 27.2 Å². The van der Waals surface area contributed by atoms with E-state index in [0.717, 1.165) is 15.2 Å². The van der Waals surface area contributed by atoms with Gasteiger partial charge in [0.05, 0.1) is 38.7 Å². The lowest BCUT2D eigenvalue weighted by Crippen LogP contribution is -2.53. The normalized spacial score (nSPS) is 23.5. The van der Waals surface area contributed by atoms with E-state index in [1.54, 1.807) is 29.0 Å². The number of hydrogen-bond donors (Lipinski definition) is 3. The van der Waals surface area contributed by atoms with Gasteiger partial charge in [0.1, 0.15) is 47.8 Å². The molecule has 5 atom stereocenters. The Bertz CT molecular complexity index is 1670. The van der Waals surface area contributed by atoms with E-state index in [2.05, 4.69) is 25.4 Å². The van der Waals surface area contributed by atoms with Crippen LogP contribution in [0.5, 0.6) is 0 Å². The molecule has 0 spiro atoms. The van der Waals surface area contributed by atoms with Crippen LogP contribution in [-0.4, -0.2) is 75.0 Å². The summed E-state index contributed by atoms with van der Waals surface area (Å²) in [5, 5.41) is 46.2. The summed E-state index contributed by atoms with van der Waals surface area (Å²) in [5.74, 6) is 0.116. The molecule has 0 aliphatic carbocycles. The highest BCUT2D eigenvalue weighted by atomic mass is 35.5. The maximum absolute atomic E-state index is 14.0. The van der Waals surface area contributed by atoms with Crippen LogP contribution in [0.2, 0.25) is 5.02 Å². The second-order valence-electron chi connectivity index (χ2n) is 9.28. The minimum Gasteiger partial charge on any atom is -0.394 e. The Morgan fingerprint density at radius 3 is 2.69 bits per heavy atom. The Hall–Kier alpha value is -3.33. The van der Waals surface area contributed by atoms with Crippen LogP contribution in [0.4, 0.5) is 4.39 Å². The number of ether oxygens (including phenoxy) is 1. The summed E-state index contributed by atoms with van der Waals surface area (Å²) in [6.45, 7) is 3.13. The third-order valence-electron chi connectivity index (χ3n) is 6.64. The smallest absolute Gasteiger partial charge is 0.164 e. The quantitative estimate of drug-likeness (QED) is 0.290. The second-order valence-corrected chi connectivity index (χ2v) is 10.9. The lowest BCUT2D eigenvalue weighted by Gasteiger charge is -2.41. The average molecular weight is 572 g/mol. The van der Waals surface area contributed by atoms with Crippen LogP contribution in [0.1, 0.15) is 28.8 Å². The number of rotatable bonds is 5. The van der Waals surface area contributed by atoms with E-state index in [9.17, 15) is 19.7 Å². The zero-order valence-corrected chi connectivity index (χ0v) is 22.3. The monoisotopic (exact) mass is 571 g/mol. The Morgan fingerprint density at radius 1 is 1.10 bits per heavy atom. The Balaban J connectivity index is 1.38. The standard InChI is InChI=1S/C25H23ClFN7O4S/c1-11-28-25(34(31-11)14-4-6-17-20(8-14)39-12(2)29-17)24-23(37)21(22(36)19(10-35)38-24)33-9-18(30-32-33)13-3-5-15(26)16(27)7-13/h3-9,19,21-24,35-37H,10H2,1-2H3/t19-,21+,22+,23-,24-/m1/s1. The lowest BCUT2D eigenvalue weighted by atomic mass is 9.92. The average Bonchev–Trinajstić information content (AvgIpc) is 3.63. The van der Waals surface area contributed by atoms with Gasteiger partial charge in [0.15, 0.2) is 5.82 Å². The summed E-state index contributed by atoms with van der Waals surface area (Å²) in [6, 6.07) is 8.80. The first-order valence-corrected chi connectivity index (χ1v) is 13.2. The minimum atomic E-state index is -1.36. The van der Waals surface area contributed by atoms with E-state index in [1.165, 1.54) is 23.0 Å². The van der Waals surface area contributed by atoms with Crippen LogP contribution in [-0.2, 0) is 4.74 Å². The summed E-state index contributed by atoms with van der Waals surface area (Å²) in [4.78, 5) is 9.02. The molecule has 0 amide bonds. The molecule has 3 N–H and O–H groups in total. The molecule has 39 heavy (non-hydrogen) atoms. The first kappa shape index (κ1) is 25.9. The molecule has 1 aliphatic heterocycles. The molecule has 1 saturated heterocycles. The molecule has 0 radical (unpaired) electrons. The molecule has 2 aromatic carbocycles. The van der Waals surface area contributed by atoms with E-state index in [4.69, 9.17) is 16.3 Å². The molecule has 11 nitrogen and oxygen atoms in total. The molecular formula is C25H23ClFN7O4S. The molecule has 0 bridgehead atoms. The first-order valence-electron chi connectivity index (χ1n) is 12.0. The van der Waals surface area contributed by atoms with Gasteiger partial charge in [-0.05, 0) is 44.2 Å². The number of nitrogens with zero attached hydrogens (tertiary/aromatic N) is 7. The number of aliphatic hydroxyl groups excluding tert-OH is 3. The molecule has 0 unspecified atom stereocenters. The summed E-state index contributed by atoms with van der Waals surface area (Å²) < 4.78 is 23.8. The van der Waals surface area contributed by atoms with E-state index in [1.807, 2.05) is 25.1 Å². The van der Waals surface area contributed by atoms with Gasteiger partial charge in [-0.1, -0.05) is 22.9 Å². The van der Waals surface area contributed by atoms with Gasteiger partial charge >= 0.3 is 0 Å². The van der Waals surface area contributed by atoms with Crippen molar-refractivity contribution < 1.29 is 24.4 Å². The third-order valence-corrected chi connectivity index (χ3v) is 7.88. The van der Waals surface area contributed by atoms with Gasteiger partial charge in [0.25, 0.3) is 0 Å². The van der Waals surface area contributed by atoms with Crippen molar-refractivity contribution in [3.8, 4) is 16.9 Å². The highest BCUT2D eigenvalue weighted by molar-refractivity contribution is 7.18. The van der Waals surface area contributed by atoms with Gasteiger partial charge in [-0.15, -0.1) is 16.4 Å². The Kier molecular flexibility index (Phi) is 6.65. The minimum absolute atomic E-state index is 0.0286. The van der Waals surface area contributed by atoms with Crippen LogP contribution in [0.15, 0.2) is 42.6 Å². The van der Waals surface area contributed by atoms with Gasteiger partial charge in [-0.25, -0.2) is 23.7 Å². The summed E-state index contributed by atoms with van der Waals surface area (Å²) in [7, 11) is 0. The number of aryl methyl sites for hydroxylation is 2. The second kappa shape index (κ2) is 10.0. The fourth-order valence-electron chi connectivity index (χ4n) is 4.80. The molecule has 1 fully saturated rings. The molecule has 0 saturated carbocycles. The number of aliphatic hydroxyl groups is 3. The van der Waals surface area contributed by atoms with E-state index >= 15 is 0 Å². The zero-order valence-electron chi connectivity index (χ0n) is 20.7. The fraction of sp³-hybridized carbons (Fsp3) is 0.320. The van der Waals surface area contributed by atoms with E-state index in [-0.39, 0.29) is 10.8 Å². The molecule has 14 heteroatoms. The molecule has 1 aliphatic rings. The van der Waals surface area contributed by atoms with Crippen LogP contribution in [0.3, 0.4) is 0 Å². The zero-order chi connectivity index (χ0) is 27.4. The number of halogens is 2. The van der Waals surface area contributed by atoms with Crippen LogP contribution < -0.4 is 0 Å². The maximum atomic E-state index is 14.0. The summed E-state index contributed by atoms with van der Waals surface area (Å²) in [5.41, 5.74) is 2.27. The van der Waals surface area contributed by atoms with Gasteiger partial charge < -0.3 is 20.1 Å². The fourth-order valence-corrected chi connectivity index (χ4v) is 5.78. The Morgan fingerprint density at radius 2 is 1.92 bits per heavy atom. The number of fused-ring (bicyclic) bond motifs is 1. The third kappa shape index (κ3) is 4.60. The number of hydrogen-bond acceptors (Lipinski definition) is 10. The molecule has 202 valence electrons. The topological polar surface area (TPSA) is 144 Å². The van der Waals surface area contributed by atoms with Gasteiger partial charge in [0.2, 0.25) is 0 Å². The van der Waals surface area contributed by atoms with Gasteiger partial charge in [-0.2, -0.15) is 5.10 Å². The van der Waals surface area contributed by atoms with Crippen molar-refractivity contribution in [3.05, 3.63) is 70.1 Å². The first-order chi connectivity index (χ1) is 18.7. The summed E-state index contributed by atoms with van der Waals surface area (Å²) >= 11 is 7.34. The van der Waals surface area contributed by atoms with Crippen molar-refractivity contribution >= 4 is 33.2 Å². The molecule has 6 rings (SSSR count). The van der Waals surface area contributed by atoms with Crippen molar-refractivity contribution in [2.24, 2.45) is 0 Å². The van der Waals surface area contributed by atoms with Crippen molar-refractivity contribution in [1.29, 1.82) is 0 Å². The highest BCUT2D eigenvalue weighted by Crippen LogP contribution is 2.39. The van der Waals surface area contributed by atoms with E-state index < -0.39 is 42.9 Å². The molecule has 4 heterocycles. The van der Waals surface area contributed by atoms with Crippen molar-refractivity contribution in [2.75, 3.05) is 6.61 Å². The van der Waals surface area contributed by atoms with Gasteiger partial charge in [0, 0.05) is 5.56 Å². The van der Waals surface area contributed by atoms with E-state index in [0.29, 0.717) is 22.8 Å². The van der Waals surface area contributed by atoms with Gasteiger partial charge in [-0.3, -0.25) is 0 Å². The predicted octanol–water partition coefficient (Wildman–Crippen LogP) is 2.94. The largest absolute Gasteiger partial charge is 0.394 e. The SMILES string of the molecule is Cc1nc([C@@H]2O[C@H](CO)[C@H](O)[C@H](n3cc(-c4ccc(Cl)c(F)c4)nn3)[C@H]2O)n(-c2ccc3nc(C)sc3c2)n1. The van der Waals surface area contributed by atoms with Crippen molar-refractivity contribution in [3.63, 3.8) is 0 Å². The number of aromatic nitrogens is 7. The number of benzene rings is 2. The maximum Gasteiger partial charge on any atom is 0.164 e. The van der Waals surface area contributed by atoms with Crippen molar-refractivity contribution in [1.82, 2.24) is 34.7 Å². The highest BCUT2D eigenvalue weighted by Gasteiger charge is 2.48. The van der Waals surface area contributed by atoms with Crippen LogP contribution >= 0.6 is 22.9 Å². The Labute approximate surface area is 230 Å². The van der Waals surface area contributed by atoms with Crippen LogP contribution in [0, 0.1) is 19.7 Å². The molecule has 3 aromatic heterocycles. The van der Waals surface area contributed by atoms with Crippen molar-refractivity contribution in [2.45, 2.75) is 44.3 Å². The lowest BCUT2D eigenvalue weighted by molar-refractivity contribution is -0.210. The molecule has 5 aromatic rings. The predicted molar refractivity (Wildman–Crippen MR) is 140 cm³/mol. The summed E-state index contributed by atoms with van der Waals surface area (Å²) in [6.07, 6.45) is -3.38.